The number of sulfone groups is 1. The fraction of sp³-hybridized carbons (Fsp3) is 0.533. The minimum Gasteiger partial charge on any atom is -0.321 e. The van der Waals surface area contributed by atoms with Crippen molar-refractivity contribution in [3.8, 4) is 0 Å². The molecule has 1 aromatic carbocycles. The van der Waals surface area contributed by atoms with Crippen molar-refractivity contribution in [2.75, 3.05) is 18.6 Å². The third kappa shape index (κ3) is 3.83. The van der Waals surface area contributed by atoms with Gasteiger partial charge in [-0.2, -0.15) is 0 Å². The topological polar surface area (TPSA) is 66.5 Å². The van der Waals surface area contributed by atoms with E-state index in [1.807, 2.05) is 38.1 Å². The predicted molar refractivity (Wildman–Crippen MR) is 82.6 cm³/mol. The Hall–Kier alpha value is -1.40. The maximum Gasteiger partial charge on any atom is 0.241 e. The molecule has 5 nitrogen and oxygen atoms in total. The summed E-state index contributed by atoms with van der Waals surface area (Å²) in [6.45, 7) is 4.17. The molecule has 1 fully saturated rings. The molecule has 2 atom stereocenters. The van der Waals surface area contributed by atoms with E-state index in [2.05, 4.69) is 5.32 Å². The van der Waals surface area contributed by atoms with Gasteiger partial charge in [-0.05, 0) is 18.9 Å². The van der Waals surface area contributed by atoms with Crippen LogP contribution < -0.4 is 5.32 Å². The molecule has 0 spiro atoms. The van der Waals surface area contributed by atoms with E-state index in [1.165, 1.54) is 6.26 Å². The van der Waals surface area contributed by atoms with Gasteiger partial charge in [0.05, 0.1) is 11.8 Å². The molecule has 1 aliphatic rings. The molecule has 0 aliphatic carbocycles. The number of nitrogens with zero attached hydrogens (tertiary/aromatic N) is 1. The van der Waals surface area contributed by atoms with Crippen molar-refractivity contribution >= 4 is 15.7 Å². The number of nitrogens with one attached hydrogen (secondary N) is 1. The normalized spacial score (nSPS) is 22.8. The van der Waals surface area contributed by atoms with Gasteiger partial charge >= 0.3 is 0 Å². The van der Waals surface area contributed by atoms with E-state index in [0.717, 1.165) is 11.1 Å². The number of hydrogen-bond acceptors (Lipinski definition) is 4. The summed E-state index contributed by atoms with van der Waals surface area (Å²) in [5, 5.41) is 3.30. The zero-order chi connectivity index (χ0) is 15.6. The molecule has 6 heteroatoms. The highest BCUT2D eigenvalue weighted by Gasteiger charge is 2.38. The summed E-state index contributed by atoms with van der Waals surface area (Å²) in [4.78, 5) is 14.0. The maximum absolute atomic E-state index is 12.4. The van der Waals surface area contributed by atoms with Crippen LogP contribution in [0.4, 0.5) is 0 Å². The Morgan fingerprint density at radius 1 is 1.33 bits per heavy atom. The van der Waals surface area contributed by atoms with Crippen LogP contribution >= 0.6 is 0 Å². The first kappa shape index (κ1) is 16.0. The lowest BCUT2D eigenvalue weighted by molar-refractivity contribution is -0.129. The Morgan fingerprint density at radius 3 is 2.62 bits per heavy atom. The van der Waals surface area contributed by atoms with Crippen molar-refractivity contribution < 1.29 is 13.2 Å². The number of carbonyl (C=O) groups is 1. The molecular weight excluding hydrogens is 288 g/mol. The lowest BCUT2D eigenvalue weighted by atomic mass is 10.1. The number of aryl methyl sites for hydroxylation is 1. The lowest BCUT2D eigenvalue weighted by Gasteiger charge is -2.24. The summed E-state index contributed by atoms with van der Waals surface area (Å²) in [5.74, 6) is -0.0354. The SMILES string of the molecule is CCC1NC(c2cccc(C)c2)N(CCS(C)(=O)=O)C1=O. The first-order valence-corrected chi connectivity index (χ1v) is 9.18. The van der Waals surface area contributed by atoms with Gasteiger partial charge in [-0.25, -0.2) is 8.42 Å². The number of amides is 1. The van der Waals surface area contributed by atoms with Gasteiger partial charge in [-0.15, -0.1) is 0 Å². The van der Waals surface area contributed by atoms with Crippen molar-refractivity contribution in [2.45, 2.75) is 32.5 Å². The van der Waals surface area contributed by atoms with E-state index >= 15 is 0 Å². The predicted octanol–water partition coefficient (Wildman–Crippen LogP) is 1.25. The van der Waals surface area contributed by atoms with Crippen LogP contribution in [-0.2, 0) is 14.6 Å². The molecule has 1 amide bonds. The molecule has 2 unspecified atom stereocenters. The average Bonchev–Trinajstić information content (AvgIpc) is 2.72. The number of benzene rings is 1. The molecule has 0 saturated carbocycles. The smallest absolute Gasteiger partial charge is 0.241 e. The molecule has 21 heavy (non-hydrogen) atoms. The number of hydrogen-bond donors (Lipinski definition) is 1. The quantitative estimate of drug-likeness (QED) is 0.889. The molecule has 116 valence electrons. The highest BCUT2D eigenvalue weighted by atomic mass is 32.2. The van der Waals surface area contributed by atoms with Crippen LogP contribution in [0.1, 0.15) is 30.6 Å². The molecule has 0 bridgehead atoms. The second-order valence-electron chi connectivity index (χ2n) is 5.61. The Kier molecular flexibility index (Phi) is 4.68. The summed E-state index contributed by atoms with van der Waals surface area (Å²) in [6.07, 6.45) is 1.64. The lowest BCUT2D eigenvalue weighted by Crippen LogP contribution is -2.34. The number of carbonyl (C=O) groups excluding carboxylic acids is 1. The van der Waals surface area contributed by atoms with E-state index in [0.29, 0.717) is 6.42 Å². The Bertz CT molecular complexity index is 628. The largest absolute Gasteiger partial charge is 0.321 e. The Labute approximate surface area is 126 Å². The molecule has 1 N–H and O–H groups in total. The summed E-state index contributed by atoms with van der Waals surface area (Å²) in [7, 11) is -3.09. The molecule has 1 aliphatic heterocycles. The van der Waals surface area contributed by atoms with Crippen LogP contribution in [0.3, 0.4) is 0 Å². The molecule has 1 saturated heterocycles. The van der Waals surface area contributed by atoms with Crippen LogP contribution in [0.15, 0.2) is 24.3 Å². The molecule has 1 heterocycles. The van der Waals surface area contributed by atoms with Crippen LogP contribution in [0.5, 0.6) is 0 Å². The van der Waals surface area contributed by atoms with Gasteiger partial charge in [0.2, 0.25) is 5.91 Å². The first-order chi connectivity index (χ1) is 9.81. The van der Waals surface area contributed by atoms with Gasteiger partial charge in [0.15, 0.2) is 0 Å². The van der Waals surface area contributed by atoms with Crippen LogP contribution in [0.25, 0.3) is 0 Å². The molecular formula is C15H22N2O3S. The van der Waals surface area contributed by atoms with E-state index in [4.69, 9.17) is 0 Å². The van der Waals surface area contributed by atoms with E-state index in [9.17, 15) is 13.2 Å². The Balaban J connectivity index is 2.26. The maximum atomic E-state index is 12.4. The summed E-state index contributed by atoms with van der Waals surface area (Å²) < 4.78 is 22.8. The van der Waals surface area contributed by atoms with Crippen LogP contribution in [0.2, 0.25) is 0 Å². The molecule has 1 aromatic rings. The minimum atomic E-state index is -3.09. The van der Waals surface area contributed by atoms with E-state index in [1.54, 1.807) is 4.90 Å². The summed E-state index contributed by atoms with van der Waals surface area (Å²) in [5.41, 5.74) is 2.11. The van der Waals surface area contributed by atoms with Crippen molar-refractivity contribution in [3.63, 3.8) is 0 Å². The van der Waals surface area contributed by atoms with Gasteiger partial charge in [0.25, 0.3) is 0 Å². The van der Waals surface area contributed by atoms with Crippen molar-refractivity contribution in [1.82, 2.24) is 10.2 Å². The average molecular weight is 310 g/mol. The monoisotopic (exact) mass is 310 g/mol. The van der Waals surface area contributed by atoms with Crippen molar-refractivity contribution in [2.24, 2.45) is 0 Å². The Morgan fingerprint density at radius 2 is 2.05 bits per heavy atom. The summed E-state index contributed by atoms with van der Waals surface area (Å²) >= 11 is 0. The molecule has 2 rings (SSSR count). The van der Waals surface area contributed by atoms with Gasteiger partial charge in [0.1, 0.15) is 16.0 Å². The fourth-order valence-electron chi connectivity index (χ4n) is 2.59. The van der Waals surface area contributed by atoms with Crippen LogP contribution in [0, 0.1) is 6.92 Å². The second kappa shape index (κ2) is 6.15. The third-order valence-electron chi connectivity index (χ3n) is 3.72. The van der Waals surface area contributed by atoms with Crippen molar-refractivity contribution in [3.05, 3.63) is 35.4 Å². The molecule has 0 radical (unpaired) electrons. The van der Waals surface area contributed by atoms with Gasteiger partial charge in [0, 0.05) is 12.8 Å². The highest BCUT2D eigenvalue weighted by Crippen LogP contribution is 2.26. The fourth-order valence-corrected chi connectivity index (χ4v) is 3.12. The third-order valence-corrected chi connectivity index (χ3v) is 4.65. The zero-order valence-electron chi connectivity index (χ0n) is 12.7. The van der Waals surface area contributed by atoms with E-state index in [-0.39, 0.29) is 30.4 Å². The van der Waals surface area contributed by atoms with E-state index < -0.39 is 9.84 Å². The molecule has 0 aromatic heterocycles. The zero-order valence-corrected chi connectivity index (χ0v) is 13.5. The minimum absolute atomic E-state index is 0.0147. The van der Waals surface area contributed by atoms with Gasteiger partial charge in [-0.1, -0.05) is 36.8 Å². The van der Waals surface area contributed by atoms with Gasteiger partial charge < -0.3 is 4.90 Å². The summed E-state index contributed by atoms with van der Waals surface area (Å²) in [6, 6.07) is 7.69. The van der Waals surface area contributed by atoms with Crippen LogP contribution in [-0.4, -0.2) is 43.8 Å². The second-order valence-corrected chi connectivity index (χ2v) is 7.87. The highest BCUT2D eigenvalue weighted by molar-refractivity contribution is 7.90. The van der Waals surface area contributed by atoms with Crippen molar-refractivity contribution in [1.29, 1.82) is 0 Å². The standard InChI is InChI=1S/C15H22N2O3S/c1-4-13-15(18)17(8-9-21(3,19)20)14(16-13)12-7-5-6-11(2)10-12/h5-7,10,13-14,16H,4,8-9H2,1-3H3. The number of rotatable bonds is 5. The van der Waals surface area contributed by atoms with Gasteiger partial charge in [-0.3, -0.25) is 10.1 Å². The first-order valence-electron chi connectivity index (χ1n) is 7.12.